The molecule has 0 aromatic rings. The van der Waals surface area contributed by atoms with Gasteiger partial charge in [-0.25, -0.2) is 0 Å². The summed E-state index contributed by atoms with van der Waals surface area (Å²) in [6, 6.07) is 0. The van der Waals surface area contributed by atoms with Crippen LogP contribution in [0.2, 0.25) is 0 Å². The zero-order valence-corrected chi connectivity index (χ0v) is 14.8. The maximum absolute atomic E-state index is 3.76. The van der Waals surface area contributed by atoms with E-state index in [1.165, 1.54) is 109 Å². The number of rotatable bonds is 18. The maximum Gasteiger partial charge on any atom is -0.00489 e. The Morgan fingerprint density at radius 1 is 0.619 bits per heavy atom. The Labute approximate surface area is 135 Å². The first-order valence-electron chi connectivity index (χ1n) is 9.73. The molecule has 0 atom stereocenters. The summed E-state index contributed by atoms with van der Waals surface area (Å²) in [6.07, 6.45) is 22.9. The van der Waals surface area contributed by atoms with Crippen LogP contribution in [0, 0.1) is 0 Å². The van der Waals surface area contributed by atoms with Crippen LogP contribution in [0.4, 0.5) is 0 Å². The van der Waals surface area contributed by atoms with Crippen molar-refractivity contribution in [3.63, 3.8) is 0 Å². The fourth-order valence-electron chi connectivity index (χ4n) is 2.75. The van der Waals surface area contributed by atoms with Crippen LogP contribution in [0.5, 0.6) is 0 Å². The highest BCUT2D eigenvalue weighted by molar-refractivity contribution is 4.65. The van der Waals surface area contributed by atoms with Gasteiger partial charge in [-0.3, -0.25) is 0 Å². The Morgan fingerprint density at radius 3 is 1.52 bits per heavy atom. The second-order valence-corrected chi connectivity index (χ2v) is 6.42. The summed E-state index contributed by atoms with van der Waals surface area (Å²) in [4.78, 5) is 0. The van der Waals surface area contributed by atoms with E-state index in [9.17, 15) is 0 Å². The summed E-state index contributed by atoms with van der Waals surface area (Å²) in [7, 11) is 0. The van der Waals surface area contributed by atoms with Crippen LogP contribution >= 0.6 is 0 Å². The average Bonchev–Trinajstić information content (AvgIpc) is 2.50. The highest BCUT2D eigenvalue weighted by Crippen LogP contribution is 2.08. The van der Waals surface area contributed by atoms with Gasteiger partial charge in [0.25, 0.3) is 0 Å². The van der Waals surface area contributed by atoms with E-state index in [0.717, 1.165) is 0 Å². The van der Waals surface area contributed by atoms with E-state index < -0.39 is 0 Å². The molecule has 0 rings (SSSR count). The van der Waals surface area contributed by atoms with Gasteiger partial charge in [0.1, 0.15) is 0 Å². The molecule has 21 heavy (non-hydrogen) atoms. The van der Waals surface area contributed by atoms with Gasteiger partial charge < -0.3 is 5.32 Å². The molecule has 0 saturated carbocycles. The van der Waals surface area contributed by atoms with Gasteiger partial charge in [-0.1, -0.05) is 83.6 Å². The number of hydrogen-bond donors (Lipinski definition) is 1. The first-order chi connectivity index (χ1) is 10.4. The van der Waals surface area contributed by atoms with Crippen LogP contribution in [-0.2, 0) is 0 Å². The number of allylic oxidation sites excluding steroid dienone is 1. The topological polar surface area (TPSA) is 12.0 Å². The predicted octanol–water partition coefficient (Wildman–Crippen LogP) is 6.63. The molecule has 0 aromatic heterocycles. The van der Waals surface area contributed by atoms with Gasteiger partial charge in [0.2, 0.25) is 0 Å². The molecule has 126 valence electrons. The molecular weight excluding hydrogens is 254 g/mol. The van der Waals surface area contributed by atoms with Crippen LogP contribution < -0.4 is 5.32 Å². The summed E-state index contributed by atoms with van der Waals surface area (Å²) in [6.45, 7) is 8.51. The van der Waals surface area contributed by atoms with Gasteiger partial charge in [0.05, 0.1) is 0 Å². The molecular formula is C20H41N. The Hall–Kier alpha value is -0.300. The summed E-state index contributed by atoms with van der Waals surface area (Å²) in [5, 5.41) is 3.59. The van der Waals surface area contributed by atoms with Crippen LogP contribution in [-0.4, -0.2) is 13.1 Å². The normalized spacial score (nSPS) is 10.9. The zero-order chi connectivity index (χ0) is 15.4. The van der Waals surface area contributed by atoms with E-state index >= 15 is 0 Å². The molecule has 1 N–H and O–H groups in total. The molecule has 0 saturated heterocycles. The van der Waals surface area contributed by atoms with Crippen molar-refractivity contribution in [2.75, 3.05) is 13.1 Å². The molecule has 0 aliphatic carbocycles. The fraction of sp³-hybridized carbons (Fsp3) is 0.900. The minimum absolute atomic E-state index is 1.19. The summed E-state index contributed by atoms with van der Waals surface area (Å²) < 4.78 is 0. The van der Waals surface area contributed by atoms with Gasteiger partial charge in [-0.05, 0) is 38.8 Å². The van der Waals surface area contributed by atoms with Crippen LogP contribution in [0.1, 0.15) is 103 Å². The van der Waals surface area contributed by atoms with Crippen molar-refractivity contribution < 1.29 is 0 Å². The number of unbranched alkanes of at least 4 members (excludes halogenated alkanes) is 13. The van der Waals surface area contributed by atoms with Crippen molar-refractivity contribution in [3.05, 3.63) is 12.7 Å². The highest BCUT2D eigenvalue weighted by Gasteiger charge is 1.93. The van der Waals surface area contributed by atoms with Crippen LogP contribution in [0.15, 0.2) is 12.7 Å². The minimum atomic E-state index is 1.19. The maximum atomic E-state index is 3.76. The Balaban J connectivity index is 2.91. The van der Waals surface area contributed by atoms with E-state index in [1.807, 2.05) is 6.08 Å². The molecule has 0 aliphatic rings. The van der Waals surface area contributed by atoms with E-state index in [-0.39, 0.29) is 0 Å². The quantitative estimate of drug-likeness (QED) is 0.221. The molecule has 0 spiro atoms. The number of hydrogen-bond acceptors (Lipinski definition) is 1. The standard InChI is InChI=1S/C20H41N/c1-3-5-7-9-11-13-15-17-19-21-20-18-16-14-12-10-8-6-4-2/h3,21H,1,4-20H2,2H3. The highest BCUT2D eigenvalue weighted by atomic mass is 14.8. The zero-order valence-electron chi connectivity index (χ0n) is 14.8. The lowest BCUT2D eigenvalue weighted by Crippen LogP contribution is -2.16. The number of nitrogens with one attached hydrogen (secondary N) is 1. The average molecular weight is 296 g/mol. The van der Waals surface area contributed by atoms with Crippen molar-refractivity contribution in [1.82, 2.24) is 5.32 Å². The molecule has 0 unspecified atom stereocenters. The predicted molar refractivity (Wildman–Crippen MR) is 98.0 cm³/mol. The molecule has 0 bridgehead atoms. The van der Waals surface area contributed by atoms with E-state index in [2.05, 4.69) is 18.8 Å². The third-order valence-corrected chi connectivity index (χ3v) is 4.22. The minimum Gasteiger partial charge on any atom is -0.317 e. The molecule has 1 nitrogen and oxygen atoms in total. The van der Waals surface area contributed by atoms with E-state index in [1.54, 1.807) is 0 Å². The van der Waals surface area contributed by atoms with Crippen LogP contribution in [0.3, 0.4) is 0 Å². The molecule has 0 fully saturated rings. The first-order valence-corrected chi connectivity index (χ1v) is 9.73. The molecule has 0 radical (unpaired) electrons. The molecule has 0 aliphatic heterocycles. The second kappa shape index (κ2) is 19.7. The van der Waals surface area contributed by atoms with E-state index in [4.69, 9.17) is 0 Å². The van der Waals surface area contributed by atoms with Gasteiger partial charge in [-0.15, -0.1) is 6.58 Å². The lowest BCUT2D eigenvalue weighted by molar-refractivity contribution is 0.535. The smallest absolute Gasteiger partial charge is 0.00489 e. The molecule has 0 aromatic carbocycles. The lowest BCUT2D eigenvalue weighted by Gasteiger charge is -2.05. The van der Waals surface area contributed by atoms with Crippen molar-refractivity contribution in [2.45, 2.75) is 103 Å². The van der Waals surface area contributed by atoms with Gasteiger partial charge in [-0.2, -0.15) is 0 Å². The van der Waals surface area contributed by atoms with Crippen molar-refractivity contribution in [1.29, 1.82) is 0 Å². The Morgan fingerprint density at radius 2 is 1.05 bits per heavy atom. The van der Waals surface area contributed by atoms with Gasteiger partial charge in [0.15, 0.2) is 0 Å². The Bertz CT molecular complexity index is 188. The summed E-state index contributed by atoms with van der Waals surface area (Å²) >= 11 is 0. The third kappa shape index (κ3) is 19.7. The molecule has 0 amide bonds. The van der Waals surface area contributed by atoms with Crippen molar-refractivity contribution >= 4 is 0 Å². The summed E-state index contributed by atoms with van der Waals surface area (Å²) in [5.74, 6) is 0. The lowest BCUT2D eigenvalue weighted by atomic mass is 10.1. The van der Waals surface area contributed by atoms with E-state index in [0.29, 0.717) is 0 Å². The largest absolute Gasteiger partial charge is 0.317 e. The fourth-order valence-corrected chi connectivity index (χ4v) is 2.75. The SMILES string of the molecule is C=CCCCCCCCCNCCCCCCCCCC. The second-order valence-electron chi connectivity index (χ2n) is 6.42. The summed E-state index contributed by atoms with van der Waals surface area (Å²) in [5.41, 5.74) is 0. The first kappa shape index (κ1) is 20.7. The van der Waals surface area contributed by atoms with Crippen molar-refractivity contribution in [3.8, 4) is 0 Å². The molecule has 0 heterocycles. The van der Waals surface area contributed by atoms with Crippen LogP contribution in [0.25, 0.3) is 0 Å². The Kier molecular flexibility index (Phi) is 19.4. The molecule has 1 heteroatoms. The third-order valence-electron chi connectivity index (χ3n) is 4.22. The van der Waals surface area contributed by atoms with Crippen molar-refractivity contribution in [2.24, 2.45) is 0 Å². The van der Waals surface area contributed by atoms with Gasteiger partial charge >= 0.3 is 0 Å². The van der Waals surface area contributed by atoms with Gasteiger partial charge in [0, 0.05) is 0 Å². The monoisotopic (exact) mass is 295 g/mol.